The fourth-order valence-corrected chi connectivity index (χ4v) is 11.1. The Morgan fingerprint density at radius 3 is 2.49 bits per heavy atom. The molecular weight excluding hydrogens is 536 g/mol. The number of Topliss-reactive ketones (excluding diaryl/α,β-unsaturated/α-hetero) is 2. The molecule has 0 aromatic heterocycles. The summed E-state index contributed by atoms with van der Waals surface area (Å²) < 4.78 is 31.0. The van der Waals surface area contributed by atoms with Crippen molar-refractivity contribution in [3.05, 3.63) is 0 Å². The quantitative estimate of drug-likeness (QED) is 0.276. The Balaban J connectivity index is 1.42. The van der Waals surface area contributed by atoms with Crippen molar-refractivity contribution in [1.29, 1.82) is 0 Å². The Bertz CT molecular complexity index is 1380. The Hall–Kier alpha value is -2.37. The molecule has 13 atom stereocenters. The van der Waals surface area contributed by atoms with E-state index in [0.29, 0.717) is 25.7 Å². The fourth-order valence-electron chi connectivity index (χ4n) is 11.1. The third-order valence-corrected chi connectivity index (χ3v) is 13.3. The highest BCUT2D eigenvalue weighted by molar-refractivity contribution is 6.00. The molecule has 0 radical (unpaired) electrons. The first-order valence-corrected chi connectivity index (χ1v) is 14.9. The zero-order valence-electron chi connectivity index (χ0n) is 23.9. The average molecular weight is 573 g/mol. The van der Waals surface area contributed by atoms with Crippen molar-refractivity contribution < 1.29 is 52.8 Å². The summed E-state index contributed by atoms with van der Waals surface area (Å²) in [7, 11) is 0. The van der Waals surface area contributed by atoms with Crippen molar-refractivity contribution in [1.82, 2.24) is 0 Å². The topological polar surface area (TPSA) is 155 Å². The summed E-state index contributed by atoms with van der Waals surface area (Å²) >= 11 is 0. The zero-order valence-corrected chi connectivity index (χ0v) is 23.9. The maximum absolute atomic E-state index is 15.2. The van der Waals surface area contributed by atoms with Gasteiger partial charge in [0.05, 0.1) is 23.4 Å². The van der Waals surface area contributed by atoms with Gasteiger partial charge in [0.1, 0.15) is 17.5 Å². The molecule has 11 nitrogen and oxygen atoms in total. The highest BCUT2D eigenvalue weighted by Gasteiger charge is 2.93. The van der Waals surface area contributed by atoms with E-state index in [0.717, 1.165) is 0 Å². The molecule has 3 saturated carbocycles. The van der Waals surface area contributed by atoms with Crippen LogP contribution in [-0.4, -0.2) is 75.0 Å². The third kappa shape index (κ3) is 2.38. The van der Waals surface area contributed by atoms with Crippen LogP contribution in [0.15, 0.2) is 0 Å². The number of aliphatic hydroxyl groups is 1. The summed E-state index contributed by atoms with van der Waals surface area (Å²) in [6.07, 6.45) is 0.942. The number of carbonyl (C=O) groups excluding carboxylic acids is 5. The molecule has 5 heterocycles. The van der Waals surface area contributed by atoms with E-state index < -0.39 is 92.5 Å². The second-order valence-electron chi connectivity index (χ2n) is 14.6. The van der Waals surface area contributed by atoms with Crippen LogP contribution in [0.1, 0.15) is 79.6 Å². The lowest BCUT2D eigenvalue weighted by molar-refractivity contribution is -0.350. The Kier molecular flexibility index (Phi) is 4.52. The molecular formula is C30H36O11. The average Bonchev–Trinajstić information content (AvgIpc) is 3.48. The highest BCUT2D eigenvalue weighted by atomic mass is 16.8. The number of ether oxygens (including phenoxy) is 5. The lowest BCUT2D eigenvalue weighted by Crippen LogP contribution is -2.78. The summed E-state index contributed by atoms with van der Waals surface area (Å²) in [5.74, 6) is -8.52. The van der Waals surface area contributed by atoms with E-state index in [1.807, 2.05) is 6.92 Å². The minimum atomic E-state index is -2.33. The van der Waals surface area contributed by atoms with E-state index >= 15 is 4.79 Å². The number of hydrogen-bond acceptors (Lipinski definition) is 11. The van der Waals surface area contributed by atoms with Crippen LogP contribution in [0.2, 0.25) is 0 Å². The van der Waals surface area contributed by atoms with Gasteiger partial charge in [-0.25, -0.2) is 4.79 Å². The van der Waals surface area contributed by atoms with Crippen LogP contribution >= 0.6 is 0 Å². The highest BCUT2D eigenvalue weighted by Crippen LogP contribution is 2.76. The molecule has 0 amide bonds. The summed E-state index contributed by atoms with van der Waals surface area (Å²) in [5.41, 5.74) is -8.92. The summed E-state index contributed by atoms with van der Waals surface area (Å²) in [6, 6.07) is 0. The summed E-state index contributed by atoms with van der Waals surface area (Å²) in [6.45, 7) is 8.04. The predicted octanol–water partition coefficient (Wildman–Crippen LogP) is 1.55. The first-order chi connectivity index (χ1) is 19.1. The second kappa shape index (κ2) is 7.05. The van der Waals surface area contributed by atoms with E-state index in [4.69, 9.17) is 23.7 Å². The van der Waals surface area contributed by atoms with Crippen molar-refractivity contribution in [3.63, 3.8) is 0 Å². The van der Waals surface area contributed by atoms with Gasteiger partial charge in [-0.15, -0.1) is 0 Å². The maximum Gasteiger partial charge on any atom is 0.342 e. The molecule has 222 valence electrons. The molecule has 8 rings (SSSR count). The number of rotatable bonds is 1. The van der Waals surface area contributed by atoms with E-state index in [2.05, 4.69) is 0 Å². The maximum atomic E-state index is 15.2. The number of carbonyl (C=O) groups is 5. The van der Waals surface area contributed by atoms with E-state index in [-0.39, 0.29) is 31.1 Å². The van der Waals surface area contributed by atoms with Crippen molar-refractivity contribution in [2.75, 3.05) is 0 Å². The molecule has 0 aromatic rings. The van der Waals surface area contributed by atoms with E-state index in [1.165, 1.54) is 6.92 Å². The largest absolute Gasteiger partial charge is 0.458 e. The van der Waals surface area contributed by atoms with Gasteiger partial charge in [0.2, 0.25) is 5.78 Å². The van der Waals surface area contributed by atoms with Crippen LogP contribution in [-0.2, 0) is 47.7 Å². The van der Waals surface area contributed by atoms with Gasteiger partial charge < -0.3 is 28.8 Å². The van der Waals surface area contributed by atoms with Gasteiger partial charge in [-0.1, -0.05) is 13.8 Å². The normalized spacial score (nSPS) is 59.5. The summed E-state index contributed by atoms with van der Waals surface area (Å²) in [5, 5.41) is 12.6. The summed E-state index contributed by atoms with van der Waals surface area (Å²) in [4.78, 5) is 68.9. The van der Waals surface area contributed by atoms with Crippen molar-refractivity contribution in [2.24, 2.45) is 34.5 Å². The fraction of sp³-hybridized carbons (Fsp3) is 0.833. The minimum Gasteiger partial charge on any atom is -0.458 e. The van der Waals surface area contributed by atoms with Gasteiger partial charge in [0, 0.05) is 19.3 Å². The molecule has 8 fully saturated rings. The number of hydrogen-bond donors (Lipinski definition) is 1. The Labute approximate surface area is 236 Å². The molecule has 0 aromatic carbocycles. The number of ketones is 2. The van der Waals surface area contributed by atoms with Crippen LogP contribution in [0, 0.1) is 34.5 Å². The molecule has 0 unspecified atom stereocenters. The van der Waals surface area contributed by atoms with Gasteiger partial charge in [-0.05, 0) is 63.7 Å². The van der Waals surface area contributed by atoms with Crippen LogP contribution < -0.4 is 0 Å². The molecule has 5 aliphatic heterocycles. The van der Waals surface area contributed by atoms with Crippen LogP contribution in [0.3, 0.4) is 0 Å². The minimum absolute atomic E-state index is 0.00154. The number of esters is 3. The molecule has 2 spiro atoms. The third-order valence-electron chi connectivity index (χ3n) is 13.3. The van der Waals surface area contributed by atoms with Gasteiger partial charge >= 0.3 is 17.9 Å². The van der Waals surface area contributed by atoms with Gasteiger partial charge in [0.15, 0.2) is 16.8 Å². The van der Waals surface area contributed by atoms with Gasteiger partial charge in [-0.3, -0.25) is 19.2 Å². The molecule has 11 heteroatoms. The van der Waals surface area contributed by atoms with Crippen LogP contribution in [0.5, 0.6) is 0 Å². The molecule has 4 bridgehead atoms. The Morgan fingerprint density at radius 2 is 1.78 bits per heavy atom. The van der Waals surface area contributed by atoms with Gasteiger partial charge in [0.25, 0.3) is 5.79 Å². The molecule has 1 N–H and O–H groups in total. The smallest absolute Gasteiger partial charge is 0.342 e. The Morgan fingerprint density at radius 1 is 1.05 bits per heavy atom. The van der Waals surface area contributed by atoms with Crippen LogP contribution in [0.4, 0.5) is 0 Å². The monoisotopic (exact) mass is 572 g/mol. The first kappa shape index (κ1) is 26.3. The first-order valence-electron chi connectivity index (χ1n) is 14.9. The number of epoxide rings is 1. The van der Waals surface area contributed by atoms with E-state index in [1.54, 1.807) is 20.8 Å². The molecule has 3 aliphatic carbocycles. The van der Waals surface area contributed by atoms with Crippen molar-refractivity contribution in [2.45, 2.75) is 120 Å². The molecule has 8 aliphatic rings. The molecule has 5 saturated heterocycles. The zero-order chi connectivity index (χ0) is 29.3. The lowest BCUT2D eigenvalue weighted by Gasteiger charge is -2.61. The van der Waals surface area contributed by atoms with Gasteiger partial charge in [-0.2, -0.15) is 0 Å². The lowest BCUT2D eigenvalue weighted by atomic mass is 9.46. The number of fused-ring (bicyclic) bond motifs is 8. The predicted molar refractivity (Wildman–Crippen MR) is 133 cm³/mol. The second-order valence-corrected chi connectivity index (χ2v) is 14.6. The SMILES string of the molecule is CC(=O)O[C@]12O[C@@]34[C@@H](C1=O)[C@]1(C)C[C@@H](OC(=O)[C@H]1C)[C@]3(C)OC(=O)[C@]4(O)CC[C@H]1[C@H]2C[C@H]2O[C@]23CCCC(=O)[C@]13C. The van der Waals surface area contributed by atoms with Crippen molar-refractivity contribution in [3.8, 4) is 0 Å². The van der Waals surface area contributed by atoms with E-state index in [9.17, 15) is 24.3 Å². The van der Waals surface area contributed by atoms with Crippen LogP contribution in [0.25, 0.3) is 0 Å². The molecule has 41 heavy (non-hydrogen) atoms. The standard InChI is InChI=1S/C30H36O11/c1-13-22(34)37-19-12-24(13,3)20-21(33)29(38-14(2)31)16-11-18-28(39-18)9-6-7-17(32)25(28,4)15(16)8-10-27(36)23(35)40-26(19,5)30(20,27)41-29/h13,15-16,18-20,36H,6-12H2,1-5H3/t13-,15+,16-,18-,19-,20+,24-,25+,26+,27-,28-,29-,30+/m1/s1. The van der Waals surface area contributed by atoms with Crippen molar-refractivity contribution >= 4 is 29.5 Å².